The molecule has 6 atom stereocenters. The van der Waals surface area contributed by atoms with Crippen LogP contribution in [0.15, 0.2) is 108 Å². The molecule has 11 heterocycles. The van der Waals surface area contributed by atoms with E-state index in [4.69, 9.17) is 26.8 Å². The number of halogens is 4. The molecule has 6 unspecified atom stereocenters. The van der Waals surface area contributed by atoms with Crippen LogP contribution in [0, 0.1) is 23.4 Å². The van der Waals surface area contributed by atoms with E-state index in [2.05, 4.69) is 79.5 Å². The third kappa shape index (κ3) is 17.0. The standard InChI is InChI=1S/C26H29FN4O2S2.C22H22FN3S2.C19H25ClN2O2S.C7H5FN2S/c1-15-16(7-5-6-10-31(15)25(32)33-26(2,3)4)22-11-17-19(8-9-28-24(17)35-22)30-20-13-21-23(12-18(20)27)34-14-29-21;1-13-5-3-2-4-6-14(13)20-9-15-17(7-8-24-22(15)28-20)26-18-11-19-21(10-16(18)23)27-12-25-19;1-12-13(16-11-14-15(20)8-9-21-17(14)25-16)7-5-6-10-22(12)18(23)24-19(2,3)4;8-4-1-7-6(2-5(4)9)10-3-11-7/h8-9,11-16H,5-7,10H2,1-4H3,(H,28,30);7-14H,2-6H2,1H3,(H,24,26);8-9,11-13H,5-7,10H2,1-4H3;1-3H,9H2. The number of carbonyl (C=O) groups excluding carboxylic acids is 2. The molecule has 15 rings (SSSR count). The fraction of sp³-hybridized carbons (Fsp3) is 0.405. The number of hydrogen-bond donors (Lipinski definition) is 3. The molecule has 25 heteroatoms. The number of carbonyl (C=O) groups is 2. The van der Waals surface area contributed by atoms with Gasteiger partial charge in [-0.25, -0.2) is 52.7 Å². The molecule has 99 heavy (non-hydrogen) atoms. The Balaban J connectivity index is 0.000000132. The molecule has 2 saturated heterocycles. The van der Waals surface area contributed by atoms with E-state index in [9.17, 15) is 22.8 Å². The van der Waals surface area contributed by atoms with Gasteiger partial charge in [0.2, 0.25) is 0 Å². The topological polar surface area (TPSA) is 187 Å². The molecule has 0 spiro atoms. The van der Waals surface area contributed by atoms with Crippen molar-refractivity contribution in [2.75, 3.05) is 29.5 Å². The number of pyridine rings is 3. The van der Waals surface area contributed by atoms with E-state index in [0.29, 0.717) is 29.8 Å². The van der Waals surface area contributed by atoms with Crippen molar-refractivity contribution >= 4 is 182 Å². The molecular formula is C74H81ClF3N11O4S6. The zero-order chi connectivity index (χ0) is 69.9. The fourth-order valence-corrected chi connectivity index (χ4v) is 19.3. The molecule has 1 aliphatic carbocycles. The molecule has 2 amide bonds. The monoisotopic (exact) mass is 1470 g/mol. The van der Waals surface area contributed by atoms with Crippen molar-refractivity contribution in [1.82, 2.24) is 39.7 Å². The number of nitrogen functional groups attached to an aromatic ring is 1. The van der Waals surface area contributed by atoms with Crippen LogP contribution in [0.3, 0.4) is 0 Å². The maximum Gasteiger partial charge on any atom is 0.410 e. The number of fused-ring (bicyclic) bond motifs is 6. The zero-order valence-electron chi connectivity index (χ0n) is 56.8. The van der Waals surface area contributed by atoms with Crippen LogP contribution in [0.5, 0.6) is 0 Å². The van der Waals surface area contributed by atoms with Gasteiger partial charge in [0, 0.05) is 86.4 Å². The van der Waals surface area contributed by atoms with E-state index >= 15 is 0 Å². The number of anilines is 5. The Bertz CT molecular complexity index is 4790. The Kier molecular flexibility index (Phi) is 22.3. The van der Waals surface area contributed by atoms with Gasteiger partial charge in [0.1, 0.15) is 43.1 Å². The van der Waals surface area contributed by atoms with Crippen LogP contribution in [0.1, 0.15) is 165 Å². The molecule has 9 aromatic heterocycles. The summed E-state index contributed by atoms with van der Waals surface area (Å²) in [4.78, 5) is 62.3. The van der Waals surface area contributed by atoms with Crippen molar-refractivity contribution in [2.24, 2.45) is 5.92 Å². The average molecular weight is 1470 g/mol. The number of nitrogens with zero attached hydrogens (tertiary/aromatic N) is 8. The lowest BCUT2D eigenvalue weighted by Crippen LogP contribution is -2.44. The van der Waals surface area contributed by atoms with Gasteiger partial charge in [-0.05, 0) is 172 Å². The minimum atomic E-state index is -0.530. The van der Waals surface area contributed by atoms with Crippen molar-refractivity contribution in [3.05, 3.63) is 145 Å². The molecule has 520 valence electrons. The Morgan fingerprint density at radius 2 is 0.889 bits per heavy atom. The predicted molar refractivity (Wildman–Crippen MR) is 407 cm³/mol. The Hall–Kier alpha value is -7.32. The summed E-state index contributed by atoms with van der Waals surface area (Å²) in [6, 6.07) is 21.8. The molecule has 3 aromatic carbocycles. The lowest BCUT2D eigenvalue weighted by atomic mass is 9.88. The summed E-state index contributed by atoms with van der Waals surface area (Å²) < 4.78 is 56.0. The maximum absolute atomic E-state index is 14.8. The Labute approximate surface area is 603 Å². The van der Waals surface area contributed by atoms with Crippen molar-refractivity contribution in [3.8, 4) is 0 Å². The highest BCUT2D eigenvalue weighted by atomic mass is 35.5. The summed E-state index contributed by atoms with van der Waals surface area (Å²) >= 11 is 15.7. The SMILES string of the molecule is CC1C(c2cc3c(Cl)ccnc3s2)CCCCN1C(=O)OC(C)(C)C.CC1C(c2cc3c(Nc4cc5ncsc5cc4F)ccnc3s2)CCCCN1C(=O)OC(C)(C)C.CC1CCCCCC1c1cc2c(Nc3cc4ncsc4cc3F)ccnc2s1.Nc1cc2ncsc2cc1F. The smallest absolute Gasteiger partial charge is 0.410 e. The first-order chi connectivity index (χ1) is 47.4. The lowest BCUT2D eigenvalue weighted by molar-refractivity contribution is 0.0157. The third-order valence-electron chi connectivity index (χ3n) is 18.3. The number of nitrogens with two attached hydrogens (primary N) is 1. The molecule has 2 aliphatic heterocycles. The van der Waals surface area contributed by atoms with Crippen LogP contribution >= 0.6 is 79.6 Å². The van der Waals surface area contributed by atoms with Gasteiger partial charge in [0.15, 0.2) is 0 Å². The summed E-state index contributed by atoms with van der Waals surface area (Å²) in [6.45, 7) is 19.5. The molecule has 3 aliphatic rings. The number of hydrogen-bond acceptors (Lipinski definition) is 19. The molecule has 12 aromatic rings. The van der Waals surface area contributed by atoms with Crippen LogP contribution in [0.25, 0.3) is 61.3 Å². The van der Waals surface area contributed by atoms with E-state index in [0.717, 1.165) is 123 Å². The van der Waals surface area contributed by atoms with Crippen LogP contribution in [0.4, 0.5) is 51.2 Å². The van der Waals surface area contributed by atoms with Crippen LogP contribution in [-0.4, -0.2) is 88.3 Å². The van der Waals surface area contributed by atoms with Gasteiger partial charge in [-0.1, -0.05) is 57.0 Å². The molecule has 0 bridgehead atoms. The molecule has 0 radical (unpaired) electrons. The van der Waals surface area contributed by atoms with Crippen molar-refractivity contribution in [1.29, 1.82) is 0 Å². The van der Waals surface area contributed by atoms with Gasteiger partial charge in [-0.15, -0.1) is 68.0 Å². The predicted octanol–water partition coefficient (Wildman–Crippen LogP) is 23.0. The number of thiazole rings is 3. The summed E-state index contributed by atoms with van der Waals surface area (Å²) in [5.74, 6) is 0.837. The quantitative estimate of drug-likeness (QED) is 0.101. The second-order valence-electron chi connectivity index (χ2n) is 27.6. The van der Waals surface area contributed by atoms with E-state index < -0.39 is 11.2 Å². The normalized spacial score (nSPS) is 19.3. The zero-order valence-corrected chi connectivity index (χ0v) is 62.5. The van der Waals surface area contributed by atoms with Gasteiger partial charge >= 0.3 is 12.2 Å². The van der Waals surface area contributed by atoms with Gasteiger partial charge in [-0.2, -0.15) is 0 Å². The van der Waals surface area contributed by atoms with Gasteiger partial charge in [-0.3, -0.25) is 0 Å². The largest absolute Gasteiger partial charge is 0.444 e. The fourth-order valence-electron chi connectivity index (χ4n) is 13.2. The second-order valence-corrected chi connectivity index (χ2v) is 33.9. The number of nitrogens with one attached hydrogen (secondary N) is 2. The van der Waals surface area contributed by atoms with Crippen LogP contribution < -0.4 is 16.4 Å². The summed E-state index contributed by atoms with van der Waals surface area (Å²) in [5, 5.41) is 10.3. The summed E-state index contributed by atoms with van der Waals surface area (Å²) in [7, 11) is 0. The average Bonchev–Trinajstić information content (AvgIpc) is 1.67. The highest BCUT2D eigenvalue weighted by Gasteiger charge is 2.36. The summed E-state index contributed by atoms with van der Waals surface area (Å²) in [6.07, 6.45) is 17.5. The number of likely N-dealkylation sites (tertiary alicyclic amines) is 2. The minimum absolute atomic E-state index is 0.00124. The highest BCUT2D eigenvalue weighted by molar-refractivity contribution is 7.20. The van der Waals surface area contributed by atoms with Crippen LogP contribution in [0.2, 0.25) is 5.02 Å². The maximum atomic E-state index is 14.8. The molecule has 1 saturated carbocycles. The second kappa shape index (κ2) is 30.9. The molecule has 3 fully saturated rings. The third-order valence-corrected chi connectivity index (χ3v) is 24.6. The van der Waals surface area contributed by atoms with Crippen LogP contribution in [-0.2, 0) is 9.47 Å². The van der Waals surface area contributed by atoms with Crippen molar-refractivity contribution < 1.29 is 32.2 Å². The summed E-state index contributed by atoms with van der Waals surface area (Å²) in [5.41, 5.74) is 14.5. The first-order valence-electron chi connectivity index (χ1n) is 33.6. The van der Waals surface area contributed by atoms with Crippen molar-refractivity contribution in [2.45, 2.75) is 174 Å². The first kappa shape index (κ1) is 71.5. The van der Waals surface area contributed by atoms with E-state index in [1.807, 2.05) is 69.5 Å². The molecule has 4 N–H and O–H groups in total. The molecular weight excluding hydrogens is 1390 g/mol. The Morgan fingerprint density at radius 1 is 0.495 bits per heavy atom. The first-order valence-corrected chi connectivity index (χ1v) is 39.1. The highest BCUT2D eigenvalue weighted by Crippen LogP contribution is 2.45. The van der Waals surface area contributed by atoms with E-state index in [1.165, 1.54) is 92.9 Å². The number of amides is 2. The minimum Gasteiger partial charge on any atom is -0.444 e. The van der Waals surface area contributed by atoms with Crippen molar-refractivity contribution in [3.63, 3.8) is 0 Å². The Morgan fingerprint density at radius 3 is 1.35 bits per heavy atom. The van der Waals surface area contributed by atoms with Gasteiger partial charge in [0.05, 0.1) is 80.6 Å². The number of rotatable bonds is 7. The van der Waals surface area contributed by atoms with E-state index in [1.54, 1.807) is 93.4 Å². The molecule has 15 nitrogen and oxygen atoms in total. The number of thiophene rings is 3. The number of aromatic nitrogens is 6. The number of benzene rings is 3. The number of ether oxygens (including phenoxy) is 2. The van der Waals surface area contributed by atoms with E-state index in [-0.39, 0.29) is 59.2 Å². The van der Waals surface area contributed by atoms with Gasteiger partial charge < -0.3 is 35.6 Å². The van der Waals surface area contributed by atoms with Gasteiger partial charge in [0.25, 0.3) is 0 Å². The lowest BCUT2D eigenvalue weighted by Gasteiger charge is -2.33.